The summed E-state index contributed by atoms with van der Waals surface area (Å²) < 4.78 is 5.51. The van der Waals surface area contributed by atoms with Crippen molar-refractivity contribution < 1.29 is 4.42 Å². The molecule has 0 atom stereocenters. The molecule has 0 N–H and O–H groups in total. The standard InChI is InChI=1S/C21H16O2/c22-21-19-13-11-16-8-4-5-9-18(16)20(19)14-17(23-21)12-10-15-6-2-1-3-7-15/h1-9,11,13-14H,10,12H2. The van der Waals surface area contributed by atoms with Gasteiger partial charge in [0.15, 0.2) is 0 Å². The predicted octanol–water partition coefficient (Wildman–Crippen LogP) is 4.73. The first-order valence-electron chi connectivity index (χ1n) is 7.80. The fourth-order valence-corrected chi connectivity index (χ4v) is 3.03. The summed E-state index contributed by atoms with van der Waals surface area (Å²) >= 11 is 0. The van der Waals surface area contributed by atoms with Gasteiger partial charge >= 0.3 is 5.63 Å². The third kappa shape index (κ3) is 2.64. The molecule has 2 heteroatoms. The Hall–Kier alpha value is -2.87. The second-order valence-corrected chi connectivity index (χ2v) is 5.73. The van der Waals surface area contributed by atoms with Crippen LogP contribution in [0.3, 0.4) is 0 Å². The first-order valence-corrected chi connectivity index (χ1v) is 7.80. The maximum atomic E-state index is 12.3. The number of rotatable bonds is 3. The Balaban J connectivity index is 1.79. The van der Waals surface area contributed by atoms with Crippen LogP contribution in [0.25, 0.3) is 21.5 Å². The van der Waals surface area contributed by atoms with Crippen molar-refractivity contribution in [3.05, 3.63) is 94.5 Å². The van der Waals surface area contributed by atoms with E-state index in [1.807, 2.05) is 48.5 Å². The molecule has 3 aromatic carbocycles. The molecule has 2 nitrogen and oxygen atoms in total. The molecule has 0 amide bonds. The molecular weight excluding hydrogens is 284 g/mol. The van der Waals surface area contributed by atoms with Crippen LogP contribution < -0.4 is 5.63 Å². The molecule has 0 radical (unpaired) electrons. The minimum absolute atomic E-state index is 0.253. The SMILES string of the molecule is O=c1oc(CCc2ccccc2)cc2c1ccc1ccccc12. The van der Waals surface area contributed by atoms with Crippen LogP contribution in [-0.2, 0) is 12.8 Å². The quantitative estimate of drug-likeness (QED) is 0.512. The van der Waals surface area contributed by atoms with Crippen molar-refractivity contribution in [2.45, 2.75) is 12.8 Å². The van der Waals surface area contributed by atoms with Gasteiger partial charge in [-0.05, 0) is 34.9 Å². The van der Waals surface area contributed by atoms with Gasteiger partial charge in [0.05, 0.1) is 5.39 Å². The summed E-state index contributed by atoms with van der Waals surface area (Å²) in [6.45, 7) is 0. The Kier molecular flexibility index (Phi) is 3.43. The van der Waals surface area contributed by atoms with E-state index in [-0.39, 0.29) is 5.63 Å². The van der Waals surface area contributed by atoms with Crippen LogP contribution >= 0.6 is 0 Å². The third-order valence-corrected chi connectivity index (χ3v) is 4.22. The van der Waals surface area contributed by atoms with Gasteiger partial charge in [-0.3, -0.25) is 0 Å². The summed E-state index contributed by atoms with van der Waals surface area (Å²) in [6.07, 6.45) is 1.58. The van der Waals surface area contributed by atoms with Gasteiger partial charge in [-0.25, -0.2) is 4.79 Å². The lowest BCUT2D eigenvalue weighted by Crippen LogP contribution is -2.03. The molecule has 0 saturated heterocycles. The highest BCUT2D eigenvalue weighted by molar-refractivity contribution is 6.06. The van der Waals surface area contributed by atoms with Gasteiger partial charge < -0.3 is 4.42 Å². The van der Waals surface area contributed by atoms with Crippen molar-refractivity contribution in [2.24, 2.45) is 0 Å². The van der Waals surface area contributed by atoms with E-state index in [1.165, 1.54) is 5.56 Å². The van der Waals surface area contributed by atoms with E-state index in [1.54, 1.807) is 0 Å². The summed E-state index contributed by atoms with van der Waals surface area (Å²) in [5.41, 5.74) is 0.990. The molecule has 23 heavy (non-hydrogen) atoms. The van der Waals surface area contributed by atoms with E-state index in [0.29, 0.717) is 5.39 Å². The average Bonchev–Trinajstić information content (AvgIpc) is 2.61. The van der Waals surface area contributed by atoms with Crippen molar-refractivity contribution in [3.63, 3.8) is 0 Å². The van der Waals surface area contributed by atoms with Gasteiger partial charge in [0.2, 0.25) is 0 Å². The largest absolute Gasteiger partial charge is 0.427 e. The second kappa shape index (κ2) is 5.73. The van der Waals surface area contributed by atoms with Crippen LogP contribution in [-0.4, -0.2) is 0 Å². The lowest BCUT2D eigenvalue weighted by atomic mass is 10.0. The number of aryl methyl sites for hydroxylation is 2. The molecular formula is C21H16O2. The zero-order valence-electron chi connectivity index (χ0n) is 12.7. The van der Waals surface area contributed by atoms with Gasteiger partial charge in [0, 0.05) is 11.8 Å². The van der Waals surface area contributed by atoms with E-state index in [9.17, 15) is 4.79 Å². The number of fused-ring (bicyclic) bond motifs is 3. The maximum absolute atomic E-state index is 12.3. The number of hydrogen-bond acceptors (Lipinski definition) is 2. The topological polar surface area (TPSA) is 30.2 Å². The van der Waals surface area contributed by atoms with Crippen molar-refractivity contribution >= 4 is 21.5 Å². The number of hydrogen-bond donors (Lipinski definition) is 0. The molecule has 4 aromatic rings. The normalized spacial score (nSPS) is 11.1. The maximum Gasteiger partial charge on any atom is 0.343 e. The van der Waals surface area contributed by atoms with Crippen LogP contribution in [0.5, 0.6) is 0 Å². The molecule has 1 aromatic heterocycles. The molecule has 0 unspecified atom stereocenters. The lowest BCUT2D eigenvalue weighted by Gasteiger charge is -2.06. The van der Waals surface area contributed by atoms with Crippen molar-refractivity contribution in [1.82, 2.24) is 0 Å². The smallest absolute Gasteiger partial charge is 0.343 e. The summed E-state index contributed by atoms with van der Waals surface area (Å²) in [5, 5.41) is 3.85. The Morgan fingerprint density at radius 1 is 0.696 bits per heavy atom. The second-order valence-electron chi connectivity index (χ2n) is 5.73. The van der Waals surface area contributed by atoms with Gasteiger partial charge in [0.1, 0.15) is 5.76 Å². The summed E-state index contributed by atoms with van der Waals surface area (Å²) in [5.74, 6) is 0.739. The van der Waals surface area contributed by atoms with Crippen LogP contribution in [0.4, 0.5) is 0 Å². The predicted molar refractivity (Wildman–Crippen MR) is 93.8 cm³/mol. The molecule has 0 aliphatic rings. The molecule has 1 heterocycles. The highest BCUT2D eigenvalue weighted by Crippen LogP contribution is 2.24. The highest BCUT2D eigenvalue weighted by Gasteiger charge is 2.08. The average molecular weight is 300 g/mol. The summed E-state index contributed by atoms with van der Waals surface area (Å²) in [6, 6.07) is 24.2. The fraction of sp³-hybridized carbons (Fsp3) is 0.0952. The number of benzene rings is 3. The van der Waals surface area contributed by atoms with Gasteiger partial charge in [-0.1, -0.05) is 60.7 Å². The van der Waals surface area contributed by atoms with Crippen LogP contribution in [0.1, 0.15) is 11.3 Å². The zero-order valence-corrected chi connectivity index (χ0v) is 12.7. The lowest BCUT2D eigenvalue weighted by molar-refractivity contribution is 0.466. The monoisotopic (exact) mass is 300 g/mol. The Morgan fingerprint density at radius 3 is 2.35 bits per heavy atom. The van der Waals surface area contributed by atoms with Gasteiger partial charge in [0.25, 0.3) is 0 Å². The van der Waals surface area contributed by atoms with E-state index in [2.05, 4.69) is 24.3 Å². The molecule has 0 fully saturated rings. The molecule has 0 spiro atoms. The summed E-state index contributed by atoms with van der Waals surface area (Å²) in [7, 11) is 0. The molecule has 0 saturated carbocycles. The Labute approximate surface area is 134 Å². The van der Waals surface area contributed by atoms with Crippen molar-refractivity contribution in [2.75, 3.05) is 0 Å². The summed E-state index contributed by atoms with van der Waals surface area (Å²) in [4.78, 5) is 12.3. The first-order chi connectivity index (χ1) is 11.3. The van der Waals surface area contributed by atoms with E-state index >= 15 is 0 Å². The van der Waals surface area contributed by atoms with Gasteiger partial charge in [-0.15, -0.1) is 0 Å². The molecule has 4 rings (SSSR count). The van der Waals surface area contributed by atoms with E-state index in [0.717, 1.165) is 34.8 Å². The zero-order chi connectivity index (χ0) is 15.6. The van der Waals surface area contributed by atoms with Crippen LogP contribution in [0.2, 0.25) is 0 Å². The highest BCUT2D eigenvalue weighted by atomic mass is 16.4. The molecule has 0 aliphatic carbocycles. The molecule has 0 aliphatic heterocycles. The fourth-order valence-electron chi connectivity index (χ4n) is 3.03. The van der Waals surface area contributed by atoms with Crippen molar-refractivity contribution in [1.29, 1.82) is 0 Å². The minimum atomic E-state index is -0.253. The molecule has 112 valence electrons. The Morgan fingerprint density at radius 2 is 1.48 bits per heavy atom. The minimum Gasteiger partial charge on any atom is -0.427 e. The van der Waals surface area contributed by atoms with E-state index in [4.69, 9.17) is 4.42 Å². The van der Waals surface area contributed by atoms with Crippen LogP contribution in [0, 0.1) is 0 Å². The van der Waals surface area contributed by atoms with E-state index < -0.39 is 0 Å². The Bertz CT molecular complexity index is 1030. The third-order valence-electron chi connectivity index (χ3n) is 4.22. The van der Waals surface area contributed by atoms with Gasteiger partial charge in [-0.2, -0.15) is 0 Å². The van der Waals surface area contributed by atoms with Crippen molar-refractivity contribution in [3.8, 4) is 0 Å². The molecule has 0 bridgehead atoms. The van der Waals surface area contributed by atoms with Crippen LogP contribution in [0.15, 0.2) is 82.0 Å². The first kappa shape index (κ1) is 13.8.